The molecule has 4 heterocycles. The molecule has 1 fully saturated rings. The molecule has 1 amide bonds. The summed E-state index contributed by atoms with van der Waals surface area (Å²) >= 11 is 0. The molecule has 26 heavy (non-hydrogen) atoms. The van der Waals surface area contributed by atoms with Gasteiger partial charge in [0.25, 0.3) is 5.91 Å². The van der Waals surface area contributed by atoms with Gasteiger partial charge >= 0.3 is 0 Å². The average molecular weight is 348 g/mol. The predicted octanol–water partition coefficient (Wildman–Crippen LogP) is 2.29. The molecular formula is C19H20N6O. The molecule has 1 aliphatic rings. The number of piperidine rings is 1. The standard InChI is InChI=1S/C19H20N6O/c1-24-13-21-11-16(24)18-17(22-7-8-23-18)15-5-3-9-25(12-15)19(26)14-4-2-6-20-10-14/h2,4,6-8,10-11,13,15H,3,5,9,12H2,1H3/t15-/m1/s1. The number of pyridine rings is 1. The quantitative estimate of drug-likeness (QED) is 0.726. The molecule has 0 N–H and O–H groups in total. The number of carbonyl (C=O) groups excluding carboxylic acids is 1. The molecule has 4 rings (SSSR count). The van der Waals surface area contributed by atoms with Crippen LogP contribution in [0.5, 0.6) is 0 Å². The van der Waals surface area contributed by atoms with Crippen molar-refractivity contribution in [3.8, 4) is 11.4 Å². The molecule has 0 radical (unpaired) electrons. The second-order valence-electron chi connectivity index (χ2n) is 6.51. The van der Waals surface area contributed by atoms with E-state index in [9.17, 15) is 4.79 Å². The SMILES string of the molecule is Cn1cncc1-c1nccnc1[C@@H]1CCCN(C(=O)c2cccnc2)C1. The highest BCUT2D eigenvalue weighted by atomic mass is 16.2. The van der Waals surface area contributed by atoms with Crippen molar-refractivity contribution in [1.29, 1.82) is 0 Å². The molecule has 1 saturated heterocycles. The summed E-state index contributed by atoms with van der Waals surface area (Å²) in [6.45, 7) is 1.39. The highest BCUT2D eigenvalue weighted by Crippen LogP contribution is 2.31. The van der Waals surface area contributed by atoms with Gasteiger partial charge in [0.05, 0.1) is 29.5 Å². The Bertz CT molecular complexity index is 907. The third-order valence-electron chi connectivity index (χ3n) is 4.79. The van der Waals surface area contributed by atoms with Crippen molar-refractivity contribution in [1.82, 2.24) is 29.4 Å². The van der Waals surface area contributed by atoms with Crippen molar-refractivity contribution in [2.45, 2.75) is 18.8 Å². The molecule has 0 bridgehead atoms. The fourth-order valence-corrected chi connectivity index (χ4v) is 3.49. The van der Waals surface area contributed by atoms with Gasteiger partial charge in [-0.3, -0.25) is 19.7 Å². The fourth-order valence-electron chi connectivity index (χ4n) is 3.49. The summed E-state index contributed by atoms with van der Waals surface area (Å²) in [4.78, 5) is 32.1. The van der Waals surface area contributed by atoms with Gasteiger partial charge in [-0.25, -0.2) is 4.98 Å². The summed E-state index contributed by atoms with van der Waals surface area (Å²) in [5.74, 6) is 0.178. The maximum absolute atomic E-state index is 12.8. The van der Waals surface area contributed by atoms with Crippen LogP contribution in [0.2, 0.25) is 0 Å². The Morgan fingerprint density at radius 3 is 2.81 bits per heavy atom. The van der Waals surface area contributed by atoms with Crippen molar-refractivity contribution in [2.75, 3.05) is 13.1 Å². The second-order valence-corrected chi connectivity index (χ2v) is 6.51. The summed E-state index contributed by atoms with van der Waals surface area (Å²) in [6.07, 6.45) is 12.2. The van der Waals surface area contributed by atoms with Gasteiger partial charge in [-0.1, -0.05) is 0 Å². The Balaban J connectivity index is 1.61. The fraction of sp³-hybridized carbons (Fsp3) is 0.316. The monoisotopic (exact) mass is 348 g/mol. The smallest absolute Gasteiger partial charge is 0.255 e. The second kappa shape index (κ2) is 7.03. The Kier molecular flexibility index (Phi) is 4.43. The van der Waals surface area contributed by atoms with Crippen molar-refractivity contribution in [2.24, 2.45) is 7.05 Å². The van der Waals surface area contributed by atoms with E-state index in [-0.39, 0.29) is 11.8 Å². The van der Waals surface area contributed by atoms with Gasteiger partial charge in [-0.15, -0.1) is 0 Å². The van der Waals surface area contributed by atoms with Crippen LogP contribution in [-0.4, -0.2) is 48.4 Å². The number of aromatic nitrogens is 5. The van der Waals surface area contributed by atoms with E-state index in [1.54, 1.807) is 43.4 Å². The molecule has 0 aliphatic carbocycles. The molecule has 0 saturated carbocycles. The minimum atomic E-state index is 0.0220. The maximum atomic E-state index is 12.8. The van der Waals surface area contributed by atoms with Crippen LogP contribution in [0.3, 0.4) is 0 Å². The van der Waals surface area contributed by atoms with E-state index >= 15 is 0 Å². The summed E-state index contributed by atoms with van der Waals surface area (Å²) in [6, 6.07) is 3.60. The number of carbonyl (C=O) groups is 1. The molecular weight excluding hydrogens is 328 g/mol. The molecule has 7 heteroatoms. The van der Waals surface area contributed by atoms with Crippen LogP contribution in [-0.2, 0) is 7.05 Å². The predicted molar refractivity (Wildman–Crippen MR) is 96.3 cm³/mol. The molecule has 1 atom stereocenters. The highest BCUT2D eigenvalue weighted by molar-refractivity contribution is 5.94. The Labute approximate surface area is 151 Å². The minimum absolute atomic E-state index is 0.0220. The number of hydrogen-bond acceptors (Lipinski definition) is 5. The van der Waals surface area contributed by atoms with Crippen molar-refractivity contribution < 1.29 is 4.79 Å². The van der Waals surface area contributed by atoms with E-state index in [4.69, 9.17) is 0 Å². The van der Waals surface area contributed by atoms with Gasteiger partial charge in [-0.2, -0.15) is 0 Å². The van der Waals surface area contributed by atoms with Gasteiger partial charge < -0.3 is 9.47 Å². The van der Waals surface area contributed by atoms with Crippen molar-refractivity contribution >= 4 is 5.91 Å². The molecule has 0 unspecified atom stereocenters. The van der Waals surface area contributed by atoms with Gasteiger partial charge in [0, 0.05) is 50.8 Å². The van der Waals surface area contributed by atoms with E-state index in [2.05, 4.69) is 19.9 Å². The van der Waals surface area contributed by atoms with Crippen LogP contribution in [0.25, 0.3) is 11.4 Å². The topological polar surface area (TPSA) is 76.8 Å². The van der Waals surface area contributed by atoms with E-state index in [1.807, 2.05) is 22.6 Å². The first-order valence-electron chi connectivity index (χ1n) is 8.71. The lowest BCUT2D eigenvalue weighted by molar-refractivity contribution is 0.0705. The first kappa shape index (κ1) is 16.4. The number of hydrogen-bond donors (Lipinski definition) is 0. The van der Waals surface area contributed by atoms with Crippen molar-refractivity contribution in [3.63, 3.8) is 0 Å². The number of nitrogens with zero attached hydrogens (tertiary/aromatic N) is 6. The molecule has 1 aliphatic heterocycles. The Morgan fingerprint density at radius 1 is 1.15 bits per heavy atom. The van der Waals surface area contributed by atoms with Crippen LogP contribution in [0.1, 0.15) is 34.8 Å². The normalized spacial score (nSPS) is 17.3. The third kappa shape index (κ3) is 3.08. The van der Waals surface area contributed by atoms with Crippen LogP contribution in [0, 0.1) is 0 Å². The van der Waals surface area contributed by atoms with Gasteiger partial charge in [0.2, 0.25) is 0 Å². The summed E-state index contributed by atoms with van der Waals surface area (Å²) in [7, 11) is 1.94. The van der Waals surface area contributed by atoms with E-state index in [0.29, 0.717) is 12.1 Å². The molecule has 0 aromatic carbocycles. The Morgan fingerprint density at radius 2 is 2.04 bits per heavy atom. The first-order valence-corrected chi connectivity index (χ1v) is 8.71. The number of likely N-dealkylation sites (tertiary alicyclic amines) is 1. The number of rotatable bonds is 3. The molecule has 0 spiro atoms. The van der Waals surface area contributed by atoms with Gasteiger partial charge in [0.1, 0.15) is 5.69 Å². The van der Waals surface area contributed by atoms with Crippen molar-refractivity contribution in [3.05, 3.63) is 60.7 Å². The van der Waals surface area contributed by atoms with Gasteiger partial charge in [-0.05, 0) is 25.0 Å². The van der Waals surface area contributed by atoms with Crippen LogP contribution in [0.4, 0.5) is 0 Å². The van der Waals surface area contributed by atoms with Crippen LogP contribution in [0.15, 0.2) is 49.4 Å². The number of imidazole rings is 1. The van der Waals surface area contributed by atoms with E-state index < -0.39 is 0 Å². The zero-order valence-electron chi connectivity index (χ0n) is 14.6. The molecule has 3 aromatic rings. The van der Waals surface area contributed by atoms with E-state index in [0.717, 1.165) is 36.5 Å². The lowest BCUT2D eigenvalue weighted by atomic mass is 9.92. The summed E-state index contributed by atoms with van der Waals surface area (Å²) in [5, 5.41) is 0. The largest absolute Gasteiger partial charge is 0.338 e. The average Bonchev–Trinajstić information content (AvgIpc) is 3.14. The molecule has 7 nitrogen and oxygen atoms in total. The van der Waals surface area contributed by atoms with E-state index in [1.165, 1.54) is 0 Å². The molecule has 3 aromatic heterocycles. The lowest BCUT2D eigenvalue weighted by Crippen LogP contribution is -2.39. The van der Waals surface area contributed by atoms with Crippen LogP contribution >= 0.6 is 0 Å². The summed E-state index contributed by atoms with van der Waals surface area (Å²) in [5.41, 5.74) is 3.33. The third-order valence-corrected chi connectivity index (χ3v) is 4.79. The highest BCUT2D eigenvalue weighted by Gasteiger charge is 2.29. The summed E-state index contributed by atoms with van der Waals surface area (Å²) < 4.78 is 1.94. The molecule has 132 valence electrons. The Hall–Kier alpha value is -3.09. The zero-order valence-corrected chi connectivity index (χ0v) is 14.6. The maximum Gasteiger partial charge on any atom is 0.255 e. The van der Waals surface area contributed by atoms with Crippen LogP contribution < -0.4 is 0 Å². The number of amides is 1. The lowest BCUT2D eigenvalue weighted by Gasteiger charge is -2.33. The first-order chi connectivity index (χ1) is 12.7. The zero-order chi connectivity index (χ0) is 17.9. The minimum Gasteiger partial charge on any atom is -0.338 e. The van der Waals surface area contributed by atoms with Gasteiger partial charge in [0.15, 0.2) is 0 Å². The number of aryl methyl sites for hydroxylation is 1.